The lowest BCUT2D eigenvalue weighted by Gasteiger charge is -2.10. The van der Waals surface area contributed by atoms with Crippen molar-refractivity contribution in [2.45, 2.75) is 66.7 Å². The van der Waals surface area contributed by atoms with E-state index in [-0.39, 0.29) is 0 Å². The van der Waals surface area contributed by atoms with Crippen LogP contribution in [0.15, 0.2) is 11.1 Å². The summed E-state index contributed by atoms with van der Waals surface area (Å²) in [6.45, 7) is 11.3. The highest BCUT2D eigenvalue weighted by Gasteiger charge is 2.00. The summed E-state index contributed by atoms with van der Waals surface area (Å²) < 4.78 is 0. The van der Waals surface area contributed by atoms with E-state index in [4.69, 9.17) is 0 Å². The van der Waals surface area contributed by atoms with Gasteiger partial charge in [0.15, 0.2) is 0 Å². The molecule has 0 radical (unpaired) electrons. The number of hydrogen-bond acceptors (Lipinski definition) is 0. The molecule has 1 unspecified atom stereocenters. The fraction of sp³-hybridized carbons (Fsp3) is 0.846. The lowest BCUT2D eigenvalue weighted by atomic mass is 9.97. The summed E-state index contributed by atoms with van der Waals surface area (Å²) >= 11 is 0. The summed E-state index contributed by atoms with van der Waals surface area (Å²) in [5, 5.41) is 0. The standard InChI is InChI=1S/C13H26/c1-6-8-12(4)9-7-10-13(5)11(2)3/h12H,6-10H2,1-5H3. The molecule has 0 heteroatoms. The monoisotopic (exact) mass is 182 g/mol. The Morgan fingerprint density at radius 1 is 1.08 bits per heavy atom. The Morgan fingerprint density at radius 2 is 1.69 bits per heavy atom. The second kappa shape index (κ2) is 7.17. The van der Waals surface area contributed by atoms with Crippen LogP contribution in [0.3, 0.4) is 0 Å². The van der Waals surface area contributed by atoms with Gasteiger partial charge < -0.3 is 0 Å². The Bertz CT molecular complexity index is 149. The third kappa shape index (κ3) is 6.86. The molecule has 13 heavy (non-hydrogen) atoms. The highest BCUT2D eigenvalue weighted by molar-refractivity contribution is 5.06. The first-order valence-corrected chi connectivity index (χ1v) is 5.70. The first-order valence-electron chi connectivity index (χ1n) is 5.70. The highest BCUT2D eigenvalue weighted by atomic mass is 14.1. The highest BCUT2D eigenvalue weighted by Crippen LogP contribution is 2.17. The summed E-state index contributed by atoms with van der Waals surface area (Å²) in [4.78, 5) is 0. The van der Waals surface area contributed by atoms with Gasteiger partial charge in [-0.3, -0.25) is 0 Å². The molecule has 0 rings (SSSR count). The van der Waals surface area contributed by atoms with E-state index in [2.05, 4.69) is 34.6 Å². The van der Waals surface area contributed by atoms with Gasteiger partial charge in [-0.1, -0.05) is 44.3 Å². The topological polar surface area (TPSA) is 0 Å². The third-order valence-corrected chi connectivity index (χ3v) is 2.88. The SMILES string of the molecule is CCCC(C)CCCC(C)=C(C)C. The average Bonchev–Trinajstić information content (AvgIpc) is 2.04. The van der Waals surface area contributed by atoms with Crippen molar-refractivity contribution in [2.75, 3.05) is 0 Å². The predicted molar refractivity (Wildman–Crippen MR) is 62.0 cm³/mol. The van der Waals surface area contributed by atoms with Crippen molar-refractivity contribution in [3.05, 3.63) is 11.1 Å². The first kappa shape index (κ1) is 12.7. The predicted octanol–water partition coefficient (Wildman–Crippen LogP) is 4.95. The van der Waals surface area contributed by atoms with Crippen LogP contribution in [0.5, 0.6) is 0 Å². The first-order chi connectivity index (χ1) is 6.07. The van der Waals surface area contributed by atoms with Crippen LogP contribution in [0.4, 0.5) is 0 Å². The number of allylic oxidation sites excluding steroid dienone is 2. The Morgan fingerprint density at radius 3 is 2.15 bits per heavy atom. The van der Waals surface area contributed by atoms with Crippen LogP contribution in [0, 0.1) is 5.92 Å². The molecule has 0 amide bonds. The zero-order valence-corrected chi connectivity index (χ0v) is 10.1. The quantitative estimate of drug-likeness (QED) is 0.510. The van der Waals surface area contributed by atoms with Gasteiger partial charge in [0.05, 0.1) is 0 Å². The number of hydrogen-bond donors (Lipinski definition) is 0. The fourth-order valence-electron chi connectivity index (χ4n) is 1.60. The Hall–Kier alpha value is -0.260. The second-order valence-electron chi connectivity index (χ2n) is 4.57. The van der Waals surface area contributed by atoms with E-state index in [1.165, 1.54) is 37.7 Å². The van der Waals surface area contributed by atoms with Crippen LogP contribution >= 0.6 is 0 Å². The average molecular weight is 182 g/mol. The molecule has 0 saturated carbocycles. The van der Waals surface area contributed by atoms with Crippen molar-refractivity contribution < 1.29 is 0 Å². The van der Waals surface area contributed by atoms with Gasteiger partial charge >= 0.3 is 0 Å². The molecule has 0 N–H and O–H groups in total. The molecule has 1 atom stereocenters. The molecule has 0 spiro atoms. The molecule has 0 nitrogen and oxygen atoms in total. The fourth-order valence-corrected chi connectivity index (χ4v) is 1.60. The van der Waals surface area contributed by atoms with Crippen LogP contribution in [0.25, 0.3) is 0 Å². The summed E-state index contributed by atoms with van der Waals surface area (Å²) in [7, 11) is 0. The molecule has 0 aromatic carbocycles. The second-order valence-corrected chi connectivity index (χ2v) is 4.57. The third-order valence-electron chi connectivity index (χ3n) is 2.88. The van der Waals surface area contributed by atoms with Crippen LogP contribution in [-0.2, 0) is 0 Å². The van der Waals surface area contributed by atoms with E-state index in [9.17, 15) is 0 Å². The van der Waals surface area contributed by atoms with Crippen LogP contribution in [0.1, 0.15) is 66.7 Å². The van der Waals surface area contributed by atoms with Crippen molar-refractivity contribution in [2.24, 2.45) is 5.92 Å². The van der Waals surface area contributed by atoms with E-state index in [1.54, 1.807) is 5.57 Å². The largest absolute Gasteiger partial charge is 0.0775 e. The summed E-state index contributed by atoms with van der Waals surface area (Å²) in [6.07, 6.45) is 6.81. The Balaban J connectivity index is 3.51. The van der Waals surface area contributed by atoms with Crippen LogP contribution in [0.2, 0.25) is 0 Å². The molecule has 0 aliphatic carbocycles. The van der Waals surface area contributed by atoms with Crippen LogP contribution < -0.4 is 0 Å². The molecular weight excluding hydrogens is 156 g/mol. The molecule has 0 fully saturated rings. The molecule has 0 aromatic rings. The molecule has 0 aliphatic rings. The van der Waals surface area contributed by atoms with Crippen molar-refractivity contribution in [3.63, 3.8) is 0 Å². The maximum Gasteiger partial charge on any atom is -0.0321 e. The maximum atomic E-state index is 2.38. The van der Waals surface area contributed by atoms with E-state index in [0.29, 0.717) is 0 Å². The number of rotatable bonds is 6. The van der Waals surface area contributed by atoms with Gasteiger partial charge in [-0.25, -0.2) is 0 Å². The van der Waals surface area contributed by atoms with Gasteiger partial charge in [0.1, 0.15) is 0 Å². The molecular formula is C13H26. The lowest BCUT2D eigenvalue weighted by Crippen LogP contribution is -1.94. The van der Waals surface area contributed by atoms with Crippen molar-refractivity contribution in [1.29, 1.82) is 0 Å². The lowest BCUT2D eigenvalue weighted by molar-refractivity contribution is 0.469. The molecule has 0 aliphatic heterocycles. The maximum absolute atomic E-state index is 2.38. The minimum Gasteiger partial charge on any atom is -0.0775 e. The van der Waals surface area contributed by atoms with Crippen molar-refractivity contribution in [3.8, 4) is 0 Å². The van der Waals surface area contributed by atoms with E-state index >= 15 is 0 Å². The zero-order valence-electron chi connectivity index (χ0n) is 10.1. The minimum absolute atomic E-state index is 0.926. The summed E-state index contributed by atoms with van der Waals surface area (Å²) in [5.41, 5.74) is 3.09. The normalized spacial score (nSPS) is 12.7. The van der Waals surface area contributed by atoms with Crippen molar-refractivity contribution in [1.82, 2.24) is 0 Å². The Labute approximate surface area is 84.4 Å². The van der Waals surface area contributed by atoms with E-state index in [1.807, 2.05) is 0 Å². The van der Waals surface area contributed by atoms with E-state index in [0.717, 1.165) is 5.92 Å². The smallest absolute Gasteiger partial charge is 0.0321 e. The van der Waals surface area contributed by atoms with Gasteiger partial charge in [0.2, 0.25) is 0 Å². The Kier molecular flexibility index (Phi) is 7.03. The molecule has 0 bridgehead atoms. The summed E-state index contributed by atoms with van der Waals surface area (Å²) in [5.74, 6) is 0.926. The molecule has 0 saturated heterocycles. The van der Waals surface area contributed by atoms with Crippen LogP contribution in [-0.4, -0.2) is 0 Å². The molecule has 0 heterocycles. The minimum atomic E-state index is 0.926. The van der Waals surface area contributed by atoms with Gasteiger partial charge in [0, 0.05) is 0 Å². The van der Waals surface area contributed by atoms with Gasteiger partial charge in [0.25, 0.3) is 0 Å². The van der Waals surface area contributed by atoms with Crippen molar-refractivity contribution >= 4 is 0 Å². The molecule has 78 valence electrons. The zero-order chi connectivity index (χ0) is 10.3. The van der Waals surface area contributed by atoms with Gasteiger partial charge in [-0.05, 0) is 39.5 Å². The van der Waals surface area contributed by atoms with E-state index < -0.39 is 0 Å². The molecule has 0 aromatic heterocycles. The van der Waals surface area contributed by atoms with Gasteiger partial charge in [-0.2, -0.15) is 0 Å². The summed E-state index contributed by atoms with van der Waals surface area (Å²) in [6, 6.07) is 0. The van der Waals surface area contributed by atoms with Gasteiger partial charge in [-0.15, -0.1) is 0 Å².